The minimum Gasteiger partial charge on any atom is -0.392 e. The molecule has 1 saturated carbocycles. The van der Waals surface area contributed by atoms with E-state index < -0.39 is 0 Å². The highest BCUT2D eigenvalue weighted by molar-refractivity contribution is 4.93. The van der Waals surface area contributed by atoms with Gasteiger partial charge >= 0.3 is 0 Å². The molecule has 3 nitrogen and oxygen atoms in total. The molecule has 0 radical (unpaired) electrons. The standard InChI is InChI=1S/C14H26N2O/c1-11(2)8-13(17)10-16-14-7-5-3-4-6-12(14)9-15/h11-14,16-17H,3-8,10H2,1-2H3. The smallest absolute Gasteiger partial charge is 0.0672 e. The summed E-state index contributed by atoms with van der Waals surface area (Å²) in [4.78, 5) is 0. The maximum atomic E-state index is 9.83. The van der Waals surface area contributed by atoms with E-state index in [9.17, 15) is 5.11 Å². The van der Waals surface area contributed by atoms with Crippen LogP contribution < -0.4 is 5.32 Å². The van der Waals surface area contributed by atoms with E-state index >= 15 is 0 Å². The zero-order chi connectivity index (χ0) is 12.7. The molecule has 0 bridgehead atoms. The van der Waals surface area contributed by atoms with Crippen molar-refractivity contribution in [1.29, 1.82) is 5.26 Å². The van der Waals surface area contributed by atoms with Crippen molar-refractivity contribution in [3.05, 3.63) is 0 Å². The summed E-state index contributed by atoms with van der Waals surface area (Å²) in [7, 11) is 0. The monoisotopic (exact) mass is 238 g/mol. The summed E-state index contributed by atoms with van der Waals surface area (Å²) >= 11 is 0. The maximum Gasteiger partial charge on any atom is 0.0672 e. The van der Waals surface area contributed by atoms with Crippen LogP contribution >= 0.6 is 0 Å². The van der Waals surface area contributed by atoms with E-state index in [0.29, 0.717) is 12.5 Å². The molecule has 0 aromatic heterocycles. The van der Waals surface area contributed by atoms with Crippen molar-refractivity contribution in [3.8, 4) is 6.07 Å². The van der Waals surface area contributed by atoms with Gasteiger partial charge in [-0.15, -0.1) is 0 Å². The number of aliphatic hydroxyl groups excluding tert-OH is 1. The number of rotatable bonds is 5. The van der Waals surface area contributed by atoms with E-state index in [1.54, 1.807) is 0 Å². The average Bonchev–Trinajstić information content (AvgIpc) is 2.49. The van der Waals surface area contributed by atoms with Gasteiger partial charge in [-0.25, -0.2) is 0 Å². The molecule has 3 heteroatoms. The van der Waals surface area contributed by atoms with Crippen molar-refractivity contribution < 1.29 is 5.11 Å². The van der Waals surface area contributed by atoms with Gasteiger partial charge in [0.2, 0.25) is 0 Å². The second-order valence-corrected chi connectivity index (χ2v) is 5.67. The van der Waals surface area contributed by atoms with E-state index in [0.717, 1.165) is 19.3 Å². The third kappa shape index (κ3) is 5.52. The van der Waals surface area contributed by atoms with Crippen LogP contribution in [0.25, 0.3) is 0 Å². The Labute approximate surface area is 105 Å². The fourth-order valence-electron chi connectivity index (χ4n) is 2.62. The van der Waals surface area contributed by atoms with Crippen molar-refractivity contribution in [2.75, 3.05) is 6.54 Å². The van der Waals surface area contributed by atoms with Gasteiger partial charge in [-0.05, 0) is 25.2 Å². The Morgan fingerprint density at radius 3 is 2.65 bits per heavy atom. The molecule has 1 rings (SSSR count). The van der Waals surface area contributed by atoms with Crippen LogP contribution in [0.1, 0.15) is 52.4 Å². The SMILES string of the molecule is CC(C)CC(O)CNC1CCCCCC1C#N. The summed E-state index contributed by atoms with van der Waals surface area (Å²) in [5.74, 6) is 0.649. The molecule has 0 aromatic carbocycles. The lowest BCUT2D eigenvalue weighted by Crippen LogP contribution is -2.40. The number of nitrogens with one attached hydrogen (secondary N) is 1. The molecule has 0 heterocycles. The molecular weight excluding hydrogens is 212 g/mol. The first-order valence-electron chi connectivity index (χ1n) is 6.94. The lowest BCUT2D eigenvalue weighted by Gasteiger charge is -2.23. The van der Waals surface area contributed by atoms with E-state index in [1.165, 1.54) is 19.3 Å². The van der Waals surface area contributed by atoms with Gasteiger partial charge in [0.25, 0.3) is 0 Å². The Bertz CT molecular complexity index is 247. The zero-order valence-corrected chi connectivity index (χ0v) is 11.2. The van der Waals surface area contributed by atoms with Crippen LogP contribution in [0.4, 0.5) is 0 Å². The molecule has 0 spiro atoms. The summed E-state index contributed by atoms with van der Waals surface area (Å²) in [6.45, 7) is 4.86. The van der Waals surface area contributed by atoms with Gasteiger partial charge in [-0.1, -0.05) is 33.1 Å². The average molecular weight is 238 g/mol. The molecule has 1 fully saturated rings. The second kappa shape index (κ2) is 7.68. The van der Waals surface area contributed by atoms with Crippen LogP contribution in [0, 0.1) is 23.2 Å². The Hall–Kier alpha value is -0.590. The molecule has 1 aliphatic carbocycles. The Morgan fingerprint density at radius 2 is 2.00 bits per heavy atom. The quantitative estimate of drug-likeness (QED) is 0.723. The summed E-state index contributed by atoms with van der Waals surface area (Å²) in [5.41, 5.74) is 0. The predicted molar refractivity (Wildman–Crippen MR) is 69.4 cm³/mol. The van der Waals surface area contributed by atoms with Crippen molar-refractivity contribution in [2.45, 2.75) is 64.5 Å². The number of aliphatic hydroxyl groups is 1. The topological polar surface area (TPSA) is 56.0 Å². The molecule has 17 heavy (non-hydrogen) atoms. The molecule has 0 saturated heterocycles. The van der Waals surface area contributed by atoms with Crippen LogP contribution in [0.5, 0.6) is 0 Å². The van der Waals surface area contributed by atoms with Gasteiger partial charge < -0.3 is 10.4 Å². The molecule has 2 N–H and O–H groups in total. The number of hydrogen-bond acceptors (Lipinski definition) is 3. The van der Waals surface area contributed by atoms with Crippen molar-refractivity contribution in [2.24, 2.45) is 11.8 Å². The van der Waals surface area contributed by atoms with Crippen LogP contribution in [0.2, 0.25) is 0 Å². The van der Waals surface area contributed by atoms with Gasteiger partial charge in [0.15, 0.2) is 0 Å². The molecule has 3 unspecified atom stereocenters. The summed E-state index contributed by atoms with van der Waals surface area (Å²) < 4.78 is 0. The predicted octanol–water partition coefficient (Wildman–Crippen LogP) is 2.46. The van der Waals surface area contributed by atoms with Gasteiger partial charge in [0, 0.05) is 12.6 Å². The highest BCUT2D eigenvalue weighted by Crippen LogP contribution is 2.23. The van der Waals surface area contributed by atoms with Crippen LogP contribution in [0.3, 0.4) is 0 Å². The van der Waals surface area contributed by atoms with E-state index in [1.807, 2.05) is 0 Å². The second-order valence-electron chi connectivity index (χ2n) is 5.67. The number of hydrogen-bond donors (Lipinski definition) is 2. The molecule has 0 aromatic rings. The lowest BCUT2D eigenvalue weighted by molar-refractivity contribution is 0.139. The van der Waals surface area contributed by atoms with Gasteiger partial charge in [-0.2, -0.15) is 5.26 Å². The van der Waals surface area contributed by atoms with Crippen LogP contribution in [-0.2, 0) is 0 Å². The van der Waals surface area contributed by atoms with Gasteiger partial charge in [0.05, 0.1) is 18.1 Å². The van der Waals surface area contributed by atoms with Gasteiger partial charge in [0.1, 0.15) is 0 Å². The first-order valence-corrected chi connectivity index (χ1v) is 6.94. The van der Waals surface area contributed by atoms with Crippen molar-refractivity contribution in [1.82, 2.24) is 5.32 Å². The summed E-state index contributed by atoms with van der Waals surface area (Å²) in [6.07, 6.45) is 6.25. The first kappa shape index (κ1) is 14.5. The molecule has 98 valence electrons. The fourth-order valence-corrected chi connectivity index (χ4v) is 2.62. The normalized spacial score (nSPS) is 27.5. The molecule has 3 atom stereocenters. The highest BCUT2D eigenvalue weighted by atomic mass is 16.3. The fraction of sp³-hybridized carbons (Fsp3) is 0.929. The Balaban J connectivity index is 2.34. The highest BCUT2D eigenvalue weighted by Gasteiger charge is 2.23. The van der Waals surface area contributed by atoms with Crippen molar-refractivity contribution in [3.63, 3.8) is 0 Å². The van der Waals surface area contributed by atoms with E-state index in [4.69, 9.17) is 5.26 Å². The maximum absolute atomic E-state index is 9.83. The summed E-state index contributed by atoms with van der Waals surface area (Å²) in [5, 5.41) is 22.4. The van der Waals surface area contributed by atoms with Gasteiger partial charge in [-0.3, -0.25) is 0 Å². The van der Waals surface area contributed by atoms with Crippen LogP contribution in [0.15, 0.2) is 0 Å². The molecule has 0 amide bonds. The Morgan fingerprint density at radius 1 is 1.29 bits per heavy atom. The minimum atomic E-state index is -0.280. The molecular formula is C14H26N2O. The Kier molecular flexibility index (Phi) is 6.54. The summed E-state index contributed by atoms with van der Waals surface area (Å²) in [6, 6.07) is 2.70. The van der Waals surface area contributed by atoms with Crippen molar-refractivity contribution >= 4 is 0 Å². The van der Waals surface area contributed by atoms with E-state index in [2.05, 4.69) is 25.2 Å². The van der Waals surface area contributed by atoms with Crippen LogP contribution in [-0.4, -0.2) is 23.8 Å². The third-order valence-electron chi connectivity index (χ3n) is 3.54. The van der Waals surface area contributed by atoms with E-state index in [-0.39, 0.29) is 18.1 Å². The lowest BCUT2D eigenvalue weighted by atomic mass is 9.96. The number of nitrogens with zero attached hydrogens (tertiary/aromatic N) is 1. The minimum absolute atomic E-state index is 0.128. The largest absolute Gasteiger partial charge is 0.392 e. The third-order valence-corrected chi connectivity index (χ3v) is 3.54. The first-order chi connectivity index (χ1) is 8.13. The molecule has 1 aliphatic rings. The molecule has 0 aliphatic heterocycles. The zero-order valence-electron chi connectivity index (χ0n) is 11.2. The number of nitriles is 1.